The smallest absolute Gasteiger partial charge is 0.0558 e. The monoisotopic (exact) mass is 281 g/mol. The fourth-order valence-electron chi connectivity index (χ4n) is 2.50. The van der Waals surface area contributed by atoms with Crippen LogP contribution in [0.5, 0.6) is 0 Å². The van der Waals surface area contributed by atoms with Crippen molar-refractivity contribution in [2.75, 3.05) is 0 Å². The molecule has 1 unspecified atom stereocenters. The summed E-state index contributed by atoms with van der Waals surface area (Å²) in [4.78, 5) is 0. The van der Waals surface area contributed by atoms with Crippen molar-refractivity contribution in [1.82, 2.24) is 0 Å². The topological polar surface area (TPSA) is 26.0 Å². The Balaban J connectivity index is 2.12. The van der Waals surface area contributed by atoms with Crippen LogP contribution in [0.4, 0.5) is 0 Å². The highest BCUT2D eigenvalue weighted by molar-refractivity contribution is 6.31. The number of nitrogens with two attached hydrogens (primary N) is 1. The van der Waals surface area contributed by atoms with Crippen LogP contribution >= 0.6 is 11.6 Å². The second-order valence-corrected chi connectivity index (χ2v) is 5.46. The van der Waals surface area contributed by atoms with E-state index >= 15 is 0 Å². The summed E-state index contributed by atoms with van der Waals surface area (Å²) < 4.78 is 0. The van der Waals surface area contributed by atoms with Gasteiger partial charge in [-0.2, -0.15) is 0 Å². The quantitative estimate of drug-likeness (QED) is 0.714. The van der Waals surface area contributed by atoms with Crippen molar-refractivity contribution in [3.63, 3.8) is 0 Å². The summed E-state index contributed by atoms with van der Waals surface area (Å²) in [5.41, 5.74) is 9.68. The van der Waals surface area contributed by atoms with E-state index < -0.39 is 0 Å². The summed E-state index contributed by atoms with van der Waals surface area (Å²) in [6.07, 6.45) is 0. The number of hydrogen-bond acceptors (Lipinski definition) is 1. The van der Waals surface area contributed by atoms with E-state index in [0.717, 1.165) is 21.7 Å². The molecule has 0 aliphatic heterocycles. The number of aryl methyl sites for hydroxylation is 1. The molecule has 3 rings (SSSR count). The van der Waals surface area contributed by atoms with E-state index in [0.29, 0.717) is 0 Å². The van der Waals surface area contributed by atoms with Crippen LogP contribution in [0.1, 0.15) is 22.7 Å². The lowest BCUT2D eigenvalue weighted by molar-refractivity contribution is 0.880. The van der Waals surface area contributed by atoms with E-state index in [-0.39, 0.29) is 6.04 Å². The average Bonchev–Trinajstić information content (AvgIpc) is 2.49. The van der Waals surface area contributed by atoms with Crippen molar-refractivity contribution in [3.05, 3.63) is 82.4 Å². The van der Waals surface area contributed by atoms with Gasteiger partial charge in [0.25, 0.3) is 0 Å². The Labute approximate surface area is 124 Å². The van der Waals surface area contributed by atoms with Gasteiger partial charge in [-0.3, -0.25) is 0 Å². The molecule has 3 aromatic carbocycles. The summed E-state index contributed by atoms with van der Waals surface area (Å²) >= 11 is 6.21. The Morgan fingerprint density at radius 3 is 2.50 bits per heavy atom. The van der Waals surface area contributed by atoms with Crippen molar-refractivity contribution in [2.45, 2.75) is 13.0 Å². The maximum absolute atomic E-state index is 6.44. The third-order valence-corrected chi connectivity index (χ3v) is 4.12. The Morgan fingerprint density at radius 1 is 0.950 bits per heavy atom. The van der Waals surface area contributed by atoms with Crippen LogP contribution in [-0.4, -0.2) is 0 Å². The minimum absolute atomic E-state index is 0.167. The Morgan fingerprint density at radius 2 is 1.70 bits per heavy atom. The molecule has 100 valence electrons. The molecule has 0 saturated carbocycles. The molecule has 0 aromatic heterocycles. The first-order valence-electron chi connectivity index (χ1n) is 6.66. The molecule has 3 aromatic rings. The van der Waals surface area contributed by atoms with E-state index in [9.17, 15) is 0 Å². The largest absolute Gasteiger partial charge is 0.320 e. The lowest BCUT2D eigenvalue weighted by atomic mass is 9.94. The average molecular weight is 282 g/mol. The zero-order valence-electron chi connectivity index (χ0n) is 11.3. The second-order valence-electron chi connectivity index (χ2n) is 5.05. The zero-order chi connectivity index (χ0) is 14.1. The van der Waals surface area contributed by atoms with Gasteiger partial charge in [-0.25, -0.2) is 0 Å². The van der Waals surface area contributed by atoms with Crippen molar-refractivity contribution in [2.24, 2.45) is 5.73 Å². The molecule has 20 heavy (non-hydrogen) atoms. The van der Waals surface area contributed by atoms with Crippen molar-refractivity contribution < 1.29 is 0 Å². The van der Waals surface area contributed by atoms with E-state index in [1.165, 1.54) is 10.8 Å². The molecule has 0 aliphatic rings. The molecule has 1 nitrogen and oxygen atoms in total. The van der Waals surface area contributed by atoms with Gasteiger partial charge in [-0.1, -0.05) is 66.2 Å². The van der Waals surface area contributed by atoms with Crippen LogP contribution in [0.25, 0.3) is 10.8 Å². The number of fused-ring (bicyclic) bond motifs is 1. The highest BCUT2D eigenvalue weighted by Gasteiger charge is 2.12. The minimum Gasteiger partial charge on any atom is -0.320 e. The third-order valence-electron chi connectivity index (χ3n) is 3.71. The second kappa shape index (κ2) is 5.28. The van der Waals surface area contributed by atoms with Crippen molar-refractivity contribution >= 4 is 22.4 Å². The van der Waals surface area contributed by atoms with Gasteiger partial charge in [0.2, 0.25) is 0 Å². The number of benzene rings is 3. The molecule has 2 N–H and O–H groups in total. The maximum Gasteiger partial charge on any atom is 0.0558 e. The Hall–Kier alpha value is -1.83. The van der Waals surface area contributed by atoms with Crippen LogP contribution in [0.15, 0.2) is 60.7 Å². The number of halogens is 1. The normalized spacial score (nSPS) is 12.6. The molecule has 1 atom stereocenters. The van der Waals surface area contributed by atoms with Gasteiger partial charge in [0.1, 0.15) is 0 Å². The third kappa shape index (κ3) is 2.31. The summed E-state index contributed by atoms with van der Waals surface area (Å²) in [5.74, 6) is 0. The molecule has 0 fully saturated rings. The minimum atomic E-state index is -0.167. The van der Waals surface area contributed by atoms with Crippen LogP contribution in [0.2, 0.25) is 5.02 Å². The highest BCUT2D eigenvalue weighted by atomic mass is 35.5. The van der Waals surface area contributed by atoms with Crippen LogP contribution in [-0.2, 0) is 0 Å². The van der Waals surface area contributed by atoms with Gasteiger partial charge in [0.05, 0.1) is 6.04 Å². The van der Waals surface area contributed by atoms with Crippen LogP contribution in [0.3, 0.4) is 0 Å². The summed E-state index contributed by atoms with van der Waals surface area (Å²) in [5, 5.41) is 3.16. The first kappa shape index (κ1) is 13.2. The molecule has 0 saturated heterocycles. The Kier molecular flexibility index (Phi) is 3.47. The van der Waals surface area contributed by atoms with Crippen LogP contribution < -0.4 is 5.73 Å². The molecule has 2 heteroatoms. The highest BCUT2D eigenvalue weighted by Crippen LogP contribution is 2.29. The SMILES string of the molecule is Cc1ccc(C(N)c2cccc3ccccc23)cc1Cl. The molecular weight excluding hydrogens is 266 g/mol. The fraction of sp³-hybridized carbons (Fsp3) is 0.111. The van der Waals surface area contributed by atoms with Gasteiger partial charge in [-0.05, 0) is 40.5 Å². The standard InChI is InChI=1S/C18H16ClN/c1-12-9-10-14(11-17(12)19)18(20)16-8-4-6-13-5-2-3-7-15(13)16/h2-11,18H,20H2,1H3. The van der Waals surface area contributed by atoms with Crippen molar-refractivity contribution in [1.29, 1.82) is 0 Å². The first-order chi connectivity index (χ1) is 9.66. The Bertz CT molecular complexity index is 759. The van der Waals surface area contributed by atoms with Gasteiger partial charge in [0, 0.05) is 5.02 Å². The lowest BCUT2D eigenvalue weighted by Gasteiger charge is -2.16. The molecule has 0 amide bonds. The molecule has 0 radical (unpaired) electrons. The summed E-state index contributed by atoms with van der Waals surface area (Å²) in [7, 11) is 0. The summed E-state index contributed by atoms with van der Waals surface area (Å²) in [6.45, 7) is 2.00. The number of rotatable bonds is 2. The van der Waals surface area contributed by atoms with Gasteiger partial charge in [0.15, 0.2) is 0 Å². The van der Waals surface area contributed by atoms with E-state index in [1.807, 2.05) is 43.3 Å². The predicted octanol–water partition coefficient (Wildman–Crippen LogP) is 4.85. The van der Waals surface area contributed by atoms with E-state index in [2.05, 4.69) is 24.3 Å². The fourth-order valence-corrected chi connectivity index (χ4v) is 2.69. The number of hydrogen-bond donors (Lipinski definition) is 1. The van der Waals surface area contributed by atoms with E-state index in [1.54, 1.807) is 0 Å². The maximum atomic E-state index is 6.44. The molecule has 0 spiro atoms. The van der Waals surface area contributed by atoms with Crippen LogP contribution in [0, 0.1) is 6.92 Å². The molecule has 0 aliphatic carbocycles. The van der Waals surface area contributed by atoms with E-state index in [4.69, 9.17) is 17.3 Å². The zero-order valence-corrected chi connectivity index (χ0v) is 12.1. The first-order valence-corrected chi connectivity index (χ1v) is 7.04. The van der Waals surface area contributed by atoms with Gasteiger partial charge in [-0.15, -0.1) is 0 Å². The van der Waals surface area contributed by atoms with Gasteiger partial charge >= 0.3 is 0 Å². The molecular formula is C18H16ClN. The molecule has 0 bridgehead atoms. The predicted molar refractivity (Wildman–Crippen MR) is 86.2 cm³/mol. The lowest BCUT2D eigenvalue weighted by Crippen LogP contribution is -2.12. The van der Waals surface area contributed by atoms with Crippen molar-refractivity contribution in [3.8, 4) is 0 Å². The summed E-state index contributed by atoms with van der Waals surface area (Å²) in [6, 6.07) is 20.4. The molecule has 0 heterocycles. The van der Waals surface area contributed by atoms with Gasteiger partial charge < -0.3 is 5.73 Å².